The summed E-state index contributed by atoms with van der Waals surface area (Å²) in [4.78, 5) is 16.6. The summed E-state index contributed by atoms with van der Waals surface area (Å²) in [6.07, 6.45) is -1.02. The van der Waals surface area contributed by atoms with E-state index < -0.39 is 26.3 Å². The van der Waals surface area contributed by atoms with E-state index in [1.165, 1.54) is 7.11 Å². The Balaban J connectivity index is 3.49. The van der Waals surface area contributed by atoms with Crippen LogP contribution in [0.1, 0.15) is 6.42 Å². The lowest BCUT2D eigenvalue weighted by molar-refractivity contribution is -0.00698. The number of halogens is 2. The molecule has 0 bridgehead atoms. The van der Waals surface area contributed by atoms with Crippen molar-refractivity contribution < 1.29 is 37.3 Å². The summed E-state index contributed by atoms with van der Waals surface area (Å²) in [7, 11) is -3.88. The van der Waals surface area contributed by atoms with E-state index in [9.17, 15) is 13.3 Å². The molecule has 9 heteroatoms. The van der Waals surface area contributed by atoms with Crippen LogP contribution in [0.4, 0.5) is 8.78 Å². The Bertz CT molecular complexity index is 244. The summed E-state index contributed by atoms with van der Waals surface area (Å²) in [5.41, 5.74) is -4.04. The highest BCUT2D eigenvalue weighted by Crippen LogP contribution is 2.54. The van der Waals surface area contributed by atoms with Crippen LogP contribution in [0.15, 0.2) is 0 Å². The first-order chi connectivity index (χ1) is 7.81. The van der Waals surface area contributed by atoms with Crippen LogP contribution in [0.25, 0.3) is 0 Å². The smallest absolute Gasteiger partial charge is 0.382 e. The molecule has 0 amide bonds. The van der Waals surface area contributed by atoms with E-state index in [4.69, 9.17) is 24.0 Å². The highest BCUT2D eigenvalue weighted by molar-refractivity contribution is 7.53. The van der Waals surface area contributed by atoms with Gasteiger partial charge in [0.1, 0.15) is 0 Å². The Hall–Kier alpha value is -0.110. The molecular formula is C8H17F2O6P. The van der Waals surface area contributed by atoms with Crippen molar-refractivity contribution in [1.29, 1.82) is 0 Å². The third-order valence-electron chi connectivity index (χ3n) is 1.78. The Morgan fingerprint density at radius 1 is 1.06 bits per heavy atom. The fraction of sp³-hybridized carbons (Fsp3) is 1.00. The molecule has 0 heterocycles. The molecule has 2 N–H and O–H groups in total. The predicted molar refractivity (Wildman–Crippen MR) is 55.1 cm³/mol. The van der Waals surface area contributed by atoms with Gasteiger partial charge in [0.05, 0.1) is 33.0 Å². The number of rotatable bonds is 10. The normalized spacial score (nSPS) is 13.0. The fourth-order valence-corrected chi connectivity index (χ4v) is 1.19. The molecule has 104 valence electrons. The summed E-state index contributed by atoms with van der Waals surface area (Å²) in [5.74, 6) is 0. The van der Waals surface area contributed by atoms with Crippen molar-refractivity contribution in [3.05, 3.63) is 0 Å². The fourth-order valence-electron chi connectivity index (χ4n) is 0.805. The number of hydrogen-bond acceptors (Lipinski definition) is 4. The van der Waals surface area contributed by atoms with Gasteiger partial charge in [-0.1, -0.05) is 0 Å². The predicted octanol–water partition coefficient (Wildman–Crippen LogP) is 0.827. The molecule has 0 atom stereocenters. The van der Waals surface area contributed by atoms with E-state index in [0.29, 0.717) is 13.2 Å². The number of hydrogen-bond donors (Lipinski definition) is 2. The molecule has 0 aromatic rings. The van der Waals surface area contributed by atoms with Crippen LogP contribution < -0.4 is 0 Å². The van der Waals surface area contributed by atoms with Crippen LogP contribution in [-0.2, 0) is 18.8 Å². The van der Waals surface area contributed by atoms with Gasteiger partial charge in [-0.3, -0.25) is 4.57 Å². The average Bonchev–Trinajstić information content (AvgIpc) is 2.20. The van der Waals surface area contributed by atoms with Gasteiger partial charge in [-0.05, 0) is 0 Å². The second kappa shape index (κ2) is 8.07. The van der Waals surface area contributed by atoms with E-state index >= 15 is 0 Å². The average molecular weight is 278 g/mol. The third-order valence-corrected chi connectivity index (χ3v) is 2.85. The van der Waals surface area contributed by atoms with Crippen molar-refractivity contribution in [3.63, 3.8) is 0 Å². The van der Waals surface area contributed by atoms with Crippen molar-refractivity contribution in [1.82, 2.24) is 0 Å². The lowest BCUT2D eigenvalue weighted by Crippen LogP contribution is -2.19. The quantitative estimate of drug-likeness (QED) is 0.454. The summed E-state index contributed by atoms with van der Waals surface area (Å²) in [6.45, 7) is 0.659. The van der Waals surface area contributed by atoms with Gasteiger partial charge in [0.2, 0.25) is 0 Å². The molecule has 0 fully saturated rings. The topological polar surface area (TPSA) is 85.2 Å². The molecule has 0 aliphatic rings. The number of methoxy groups -OCH3 is 1. The molecule has 6 nitrogen and oxygen atoms in total. The zero-order chi connectivity index (χ0) is 13.4. The minimum absolute atomic E-state index is 0.0843. The second-order valence-corrected chi connectivity index (χ2v) is 4.92. The molecule has 0 saturated carbocycles. The third kappa shape index (κ3) is 7.75. The molecule has 17 heavy (non-hydrogen) atoms. The van der Waals surface area contributed by atoms with Crippen molar-refractivity contribution in [2.45, 2.75) is 12.1 Å². The molecule has 0 aromatic heterocycles. The molecule has 0 aliphatic heterocycles. The maximum absolute atomic E-state index is 12.7. The van der Waals surface area contributed by atoms with Gasteiger partial charge in [0.15, 0.2) is 0 Å². The standard InChI is InChI=1S/C8H17F2O6P/c1-14-4-5-16-7-6-15-3-2-8(9,10)17(11,12)13/h2-7H2,1H3,(H2,11,12,13). The SMILES string of the molecule is COCCOCCOCCC(F)(F)P(=O)(O)O. The van der Waals surface area contributed by atoms with E-state index in [1.54, 1.807) is 0 Å². The van der Waals surface area contributed by atoms with Gasteiger partial charge in [0.25, 0.3) is 0 Å². The molecule has 0 aliphatic carbocycles. The van der Waals surface area contributed by atoms with Crippen LogP contribution in [0, 0.1) is 0 Å². The summed E-state index contributed by atoms with van der Waals surface area (Å²) < 4.78 is 50.2. The highest BCUT2D eigenvalue weighted by atomic mass is 31.2. The maximum Gasteiger partial charge on any atom is 0.394 e. The zero-order valence-electron chi connectivity index (χ0n) is 9.47. The van der Waals surface area contributed by atoms with E-state index in [0.717, 1.165) is 0 Å². The van der Waals surface area contributed by atoms with Crippen LogP contribution in [0.5, 0.6) is 0 Å². The van der Waals surface area contributed by atoms with Gasteiger partial charge in [0, 0.05) is 13.5 Å². The van der Waals surface area contributed by atoms with Crippen molar-refractivity contribution >= 4 is 7.60 Å². The summed E-state index contributed by atoms with van der Waals surface area (Å²) in [6, 6.07) is 0. The first kappa shape index (κ1) is 16.9. The van der Waals surface area contributed by atoms with Crippen molar-refractivity contribution in [2.24, 2.45) is 0 Å². The van der Waals surface area contributed by atoms with E-state index in [-0.39, 0.29) is 13.2 Å². The largest absolute Gasteiger partial charge is 0.394 e. The lowest BCUT2D eigenvalue weighted by atomic mass is 10.5. The van der Waals surface area contributed by atoms with Gasteiger partial charge in [-0.15, -0.1) is 0 Å². The first-order valence-electron chi connectivity index (χ1n) is 4.89. The molecule has 0 spiro atoms. The molecular weight excluding hydrogens is 261 g/mol. The Morgan fingerprint density at radius 2 is 1.53 bits per heavy atom. The minimum Gasteiger partial charge on any atom is -0.382 e. The minimum atomic E-state index is -5.40. The van der Waals surface area contributed by atoms with Crippen LogP contribution in [0.2, 0.25) is 0 Å². The highest BCUT2D eigenvalue weighted by Gasteiger charge is 2.47. The molecule has 0 radical (unpaired) electrons. The molecule has 0 rings (SSSR count). The van der Waals surface area contributed by atoms with Crippen molar-refractivity contribution in [3.8, 4) is 0 Å². The number of alkyl halides is 2. The zero-order valence-corrected chi connectivity index (χ0v) is 10.4. The summed E-state index contributed by atoms with van der Waals surface area (Å²) >= 11 is 0. The molecule has 0 saturated heterocycles. The number of ether oxygens (including phenoxy) is 3. The van der Waals surface area contributed by atoms with Gasteiger partial charge in [-0.25, -0.2) is 0 Å². The van der Waals surface area contributed by atoms with E-state index in [2.05, 4.69) is 0 Å². The van der Waals surface area contributed by atoms with Gasteiger partial charge >= 0.3 is 13.3 Å². The van der Waals surface area contributed by atoms with E-state index in [1.807, 2.05) is 0 Å². The molecule has 0 unspecified atom stereocenters. The van der Waals surface area contributed by atoms with Gasteiger partial charge in [-0.2, -0.15) is 8.78 Å². The maximum atomic E-state index is 12.7. The monoisotopic (exact) mass is 278 g/mol. The Labute approximate surface area is 98.0 Å². The van der Waals surface area contributed by atoms with Crippen LogP contribution in [0.3, 0.4) is 0 Å². The summed E-state index contributed by atoms with van der Waals surface area (Å²) in [5, 5.41) is 0. The van der Waals surface area contributed by atoms with Crippen LogP contribution >= 0.6 is 7.60 Å². The first-order valence-corrected chi connectivity index (χ1v) is 6.50. The molecule has 0 aromatic carbocycles. The van der Waals surface area contributed by atoms with Crippen LogP contribution in [-0.4, -0.2) is 55.6 Å². The Kier molecular flexibility index (Phi) is 8.02. The second-order valence-electron chi connectivity index (χ2n) is 3.18. The lowest BCUT2D eigenvalue weighted by Gasteiger charge is -2.17. The van der Waals surface area contributed by atoms with Gasteiger partial charge < -0.3 is 24.0 Å². The van der Waals surface area contributed by atoms with Crippen molar-refractivity contribution in [2.75, 3.05) is 40.1 Å². The Morgan fingerprint density at radius 3 is 2.00 bits per heavy atom.